The monoisotopic (exact) mass is 246 g/mol. The summed E-state index contributed by atoms with van der Waals surface area (Å²) in [6.45, 7) is 6.30. The van der Waals surface area contributed by atoms with E-state index in [1.165, 1.54) is 25.7 Å². The van der Waals surface area contributed by atoms with Crippen molar-refractivity contribution in [3.05, 3.63) is 23.8 Å². The Morgan fingerprint density at radius 1 is 1.44 bits per heavy atom. The highest BCUT2D eigenvalue weighted by atomic mass is 16.1. The largest absolute Gasteiger partial charge is 0.295 e. The van der Waals surface area contributed by atoms with E-state index in [2.05, 4.69) is 32.1 Å². The topological polar surface area (TPSA) is 17.1 Å². The van der Waals surface area contributed by atoms with Crippen molar-refractivity contribution in [2.24, 2.45) is 17.3 Å². The van der Waals surface area contributed by atoms with E-state index < -0.39 is 0 Å². The normalized spacial score (nSPS) is 34.9. The Hall–Kier alpha value is -0.850. The van der Waals surface area contributed by atoms with Crippen LogP contribution in [0.4, 0.5) is 0 Å². The third-order valence-electron chi connectivity index (χ3n) is 5.11. The van der Waals surface area contributed by atoms with Crippen molar-refractivity contribution in [1.29, 1.82) is 0 Å². The first-order valence-corrected chi connectivity index (χ1v) is 7.53. The third-order valence-corrected chi connectivity index (χ3v) is 5.11. The Bertz CT molecular complexity index is 377. The maximum Gasteiger partial charge on any atom is 0.155 e. The zero-order valence-electron chi connectivity index (χ0n) is 12.0. The lowest BCUT2D eigenvalue weighted by Gasteiger charge is -2.48. The fourth-order valence-corrected chi connectivity index (χ4v) is 4.07. The van der Waals surface area contributed by atoms with Crippen LogP contribution in [0.3, 0.4) is 0 Å². The van der Waals surface area contributed by atoms with E-state index in [9.17, 15) is 4.79 Å². The standard InChI is InChI=1S/C17H26O/c1-4-7-15-8-6-9-16-11-10-14(13(3)18)12-17(15,16)5-2/h6,9,12,15-16H,4-5,7-8,10-11H2,1-3H3/t15-,16+,17+/m1/s1. The molecule has 0 saturated carbocycles. The second-order valence-corrected chi connectivity index (χ2v) is 5.99. The van der Waals surface area contributed by atoms with Gasteiger partial charge < -0.3 is 0 Å². The molecule has 0 aromatic carbocycles. The molecule has 0 aliphatic heterocycles. The molecule has 1 heteroatoms. The van der Waals surface area contributed by atoms with Crippen LogP contribution in [0.2, 0.25) is 0 Å². The predicted octanol–water partition coefficient (Wildman–Crippen LogP) is 4.68. The minimum Gasteiger partial charge on any atom is -0.295 e. The molecule has 0 amide bonds. The Kier molecular flexibility index (Phi) is 4.09. The molecular weight excluding hydrogens is 220 g/mol. The first-order valence-electron chi connectivity index (χ1n) is 7.53. The fraction of sp³-hybridized carbons (Fsp3) is 0.706. The van der Waals surface area contributed by atoms with Crippen molar-refractivity contribution in [2.75, 3.05) is 0 Å². The van der Waals surface area contributed by atoms with E-state index in [-0.39, 0.29) is 11.2 Å². The summed E-state index contributed by atoms with van der Waals surface area (Å²) in [6, 6.07) is 0. The van der Waals surface area contributed by atoms with Gasteiger partial charge in [0.2, 0.25) is 0 Å². The number of ketones is 1. The van der Waals surface area contributed by atoms with E-state index in [0.717, 1.165) is 24.3 Å². The number of carbonyl (C=O) groups excluding carboxylic acids is 1. The highest BCUT2D eigenvalue weighted by Gasteiger charge is 2.44. The summed E-state index contributed by atoms with van der Waals surface area (Å²) in [6.07, 6.45) is 14.2. The minimum atomic E-state index is 0.268. The van der Waals surface area contributed by atoms with E-state index in [0.29, 0.717) is 5.92 Å². The predicted molar refractivity (Wildman–Crippen MR) is 76.4 cm³/mol. The van der Waals surface area contributed by atoms with Gasteiger partial charge in [-0.15, -0.1) is 0 Å². The molecule has 0 saturated heterocycles. The lowest BCUT2D eigenvalue weighted by molar-refractivity contribution is -0.114. The molecular formula is C17H26O. The summed E-state index contributed by atoms with van der Waals surface area (Å²) in [5, 5.41) is 0. The molecule has 0 radical (unpaired) electrons. The molecule has 1 nitrogen and oxygen atoms in total. The number of carbonyl (C=O) groups is 1. The first kappa shape index (κ1) is 13.6. The smallest absolute Gasteiger partial charge is 0.155 e. The number of rotatable bonds is 4. The molecule has 0 N–H and O–H groups in total. The zero-order valence-corrected chi connectivity index (χ0v) is 12.0. The minimum absolute atomic E-state index is 0.268. The summed E-state index contributed by atoms with van der Waals surface area (Å²) in [5.41, 5.74) is 1.36. The quantitative estimate of drug-likeness (QED) is 0.658. The van der Waals surface area contributed by atoms with E-state index >= 15 is 0 Å². The van der Waals surface area contributed by atoms with Crippen LogP contribution in [0, 0.1) is 17.3 Å². The van der Waals surface area contributed by atoms with Crippen LogP contribution in [-0.2, 0) is 4.79 Å². The molecule has 0 aromatic heterocycles. The second-order valence-electron chi connectivity index (χ2n) is 5.99. The molecule has 0 spiro atoms. The number of hydrogen-bond donors (Lipinski definition) is 0. The van der Waals surface area contributed by atoms with Crippen molar-refractivity contribution in [3.8, 4) is 0 Å². The zero-order chi connectivity index (χ0) is 13.2. The molecule has 0 heterocycles. The fourth-order valence-electron chi connectivity index (χ4n) is 4.07. The first-order chi connectivity index (χ1) is 8.64. The van der Waals surface area contributed by atoms with E-state index in [1.54, 1.807) is 6.92 Å². The Morgan fingerprint density at radius 2 is 2.22 bits per heavy atom. The molecule has 0 fully saturated rings. The van der Waals surface area contributed by atoms with Crippen LogP contribution in [-0.4, -0.2) is 5.78 Å². The van der Waals surface area contributed by atoms with E-state index in [4.69, 9.17) is 0 Å². The van der Waals surface area contributed by atoms with Gasteiger partial charge in [0.25, 0.3) is 0 Å². The Morgan fingerprint density at radius 3 is 2.83 bits per heavy atom. The van der Waals surface area contributed by atoms with Crippen molar-refractivity contribution in [3.63, 3.8) is 0 Å². The van der Waals surface area contributed by atoms with Gasteiger partial charge in [0.1, 0.15) is 0 Å². The third kappa shape index (κ3) is 2.20. The molecule has 2 aliphatic carbocycles. The van der Waals surface area contributed by atoms with Gasteiger partial charge in [-0.25, -0.2) is 0 Å². The number of Topliss-reactive ketones (excluding diaryl/α,β-unsaturated/α-hetero) is 1. The van der Waals surface area contributed by atoms with Crippen LogP contribution in [0.15, 0.2) is 23.8 Å². The van der Waals surface area contributed by atoms with E-state index in [1.807, 2.05) is 0 Å². The molecule has 100 valence electrons. The molecule has 0 unspecified atom stereocenters. The van der Waals surface area contributed by atoms with Crippen molar-refractivity contribution < 1.29 is 4.79 Å². The molecule has 0 aromatic rings. The van der Waals surface area contributed by atoms with Crippen molar-refractivity contribution >= 4 is 5.78 Å². The average Bonchev–Trinajstić information content (AvgIpc) is 2.38. The van der Waals surface area contributed by atoms with Gasteiger partial charge in [-0.2, -0.15) is 0 Å². The van der Waals surface area contributed by atoms with Crippen molar-refractivity contribution in [2.45, 2.75) is 59.3 Å². The Balaban J connectivity index is 2.40. The average molecular weight is 246 g/mol. The summed E-state index contributed by atoms with van der Waals surface area (Å²) < 4.78 is 0. The highest BCUT2D eigenvalue weighted by Crippen LogP contribution is 2.53. The molecule has 0 bridgehead atoms. The van der Waals surface area contributed by atoms with Crippen LogP contribution < -0.4 is 0 Å². The van der Waals surface area contributed by atoms with Gasteiger partial charge >= 0.3 is 0 Å². The van der Waals surface area contributed by atoms with Crippen molar-refractivity contribution in [1.82, 2.24) is 0 Å². The SMILES string of the molecule is CCC[C@@H]1CC=C[C@H]2CCC(C(C)=O)=C[C@@]12CC. The molecule has 18 heavy (non-hydrogen) atoms. The van der Waals surface area contributed by atoms with Gasteiger partial charge in [0.05, 0.1) is 0 Å². The van der Waals surface area contributed by atoms with Crippen LogP contribution in [0.25, 0.3) is 0 Å². The van der Waals surface area contributed by atoms with Gasteiger partial charge in [-0.05, 0) is 61.9 Å². The lowest BCUT2D eigenvalue weighted by Crippen LogP contribution is -2.40. The van der Waals surface area contributed by atoms with Crippen LogP contribution in [0.5, 0.6) is 0 Å². The number of allylic oxidation sites excluding steroid dienone is 4. The second kappa shape index (κ2) is 5.42. The Labute approximate surface area is 111 Å². The van der Waals surface area contributed by atoms with Gasteiger partial charge in [-0.1, -0.05) is 38.5 Å². The summed E-state index contributed by atoms with van der Waals surface area (Å²) in [5.74, 6) is 1.68. The summed E-state index contributed by atoms with van der Waals surface area (Å²) in [4.78, 5) is 11.7. The van der Waals surface area contributed by atoms with Gasteiger partial charge in [0, 0.05) is 0 Å². The highest BCUT2D eigenvalue weighted by molar-refractivity contribution is 5.93. The molecule has 2 rings (SSSR count). The molecule has 3 atom stereocenters. The van der Waals surface area contributed by atoms with Gasteiger partial charge in [0.15, 0.2) is 5.78 Å². The number of fused-ring (bicyclic) bond motifs is 1. The lowest BCUT2D eigenvalue weighted by atomic mass is 9.56. The maximum absolute atomic E-state index is 11.7. The maximum atomic E-state index is 11.7. The van der Waals surface area contributed by atoms with Crippen LogP contribution >= 0.6 is 0 Å². The van der Waals surface area contributed by atoms with Gasteiger partial charge in [-0.3, -0.25) is 4.79 Å². The summed E-state index contributed by atoms with van der Waals surface area (Å²) in [7, 11) is 0. The number of hydrogen-bond acceptors (Lipinski definition) is 1. The summed E-state index contributed by atoms with van der Waals surface area (Å²) >= 11 is 0. The molecule has 2 aliphatic rings. The van der Waals surface area contributed by atoms with Crippen LogP contribution in [0.1, 0.15) is 59.3 Å².